The van der Waals surface area contributed by atoms with Crippen molar-refractivity contribution in [2.24, 2.45) is 0 Å². The standard InChI is InChI=1S/C16H22O4/c1-4-7-12(6-3)20-16(19)13-9-8-11(5-2)10-14(13)15(17)18/h8-10,12H,4-7H2,1-3H3,(H,17,18). The Bertz CT molecular complexity index is 479. The van der Waals surface area contributed by atoms with Crippen molar-refractivity contribution in [1.82, 2.24) is 0 Å². The summed E-state index contributed by atoms with van der Waals surface area (Å²) in [5.41, 5.74) is 1.03. The smallest absolute Gasteiger partial charge is 0.339 e. The van der Waals surface area contributed by atoms with Crippen molar-refractivity contribution in [1.29, 1.82) is 0 Å². The molecule has 0 spiro atoms. The predicted molar refractivity (Wildman–Crippen MR) is 77.2 cm³/mol. The third kappa shape index (κ3) is 4.08. The van der Waals surface area contributed by atoms with Crippen molar-refractivity contribution in [2.75, 3.05) is 0 Å². The van der Waals surface area contributed by atoms with Gasteiger partial charge in [-0.05, 0) is 37.0 Å². The minimum atomic E-state index is -1.10. The summed E-state index contributed by atoms with van der Waals surface area (Å²) in [7, 11) is 0. The quantitative estimate of drug-likeness (QED) is 0.773. The second-order valence-corrected chi connectivity index (χ2v) is 4.76. The van der Waals surface area contributed by atoms with Crippen LogP contribution in [0.1, 0.15) is 66.3 Å². The van der Waals surface area contributed by atoms with E-state index >= 15 is 0 Å². The van der Waals surface area contributed by atoms with Crippen LogP contribution in [0.15, 0.2) is 18.2 Å². The van der Waals surface area contributed by atoms with Crippen molar-refractivity contribution in [3.8, 4) is 0 Å². The van der Waals surface area contributed by atoms with Crippen LogP contribution in [0, 0.1) is 0 Å². The summed E-state index contributed by atoms with van der Waals surface area (Å²) in [5, 5.41) is 9.22. The van der Waals surface area contributed by atoms with E-state index in [2.05, 4.69) is 0 Å². The van der Waals surface area contributed by atoms with Gasteiger partial charge in [-0.15, -0.1) is 0 Å². The van der Waals surface area contributed by atoms with E-state index in [-0.39, 0.29) is 17.2 Å². The molecule has 0 fully saturated rings. The average molecular weight is 278 g/mol. The number of carbonyl (C=O) groups excluding carboxylic acids is 1. The van der Waals surface area contributed by atoms with E-state index in [0.29, 0.717) is 0 Å². The Morgan fingerprint density at radius 2 is 1.90 bits per heavy atom. The second kappa shape index (κ2) is 7.68. The van der Waals surface area contributed by atoms with Gasteiger partial charge in [0.2, 0.25) is 0 Å². The molecule has 0 aliphatic heterocycles. The molecule has 1 aromatic rings. The van der Waals surface area contributed by atoms with Crippen LogP contribution in [-0.2, 0) is 11.2 Å². The number of aryl methyl sites for hydroxylation is 1. The van der Waals surface area contributed by atoms with Crippen LogP contribution < -0.4 is 0 Å². The fourth-order valence-corrected chi connectivity index (χ4v) is 2.05. The Kier molecular flexibility index (Phi) is 6.22. The van der Waals surface area contributed by atoms with Crippen molar-refractivity contribution in [3.63, 3.8) is 0 Å². The number of benzene rings is 1. The normalized spacial score (nSPS) is 11.9. The third-order valence-electron chi connectivity index (χ3n) is 3.28. The first kappa shape index (κ1) is 16.2. The largest absolute Gasteiger partial charge is 0.478 e. The molecule has 4 heteroatoms. The van der Waals surface area contributed by atoms with E-state index < -0.39 is 11.9 Å². The molecule has 0 aliphatic rings. The Balaban J connectivity index is 3.00. The number of carboxylic acids is 1. The molecular formula is C16H22O4. The summed E-state index contributed by atoms with van der Waals surface area (Å²) in [4.78, 5) is 23.4. The summed E-state index contributed by atoms with van der Waals surface area (Å²) in [6.45, 7) is 5.91. The molecule has 110 valence electrons. The Hall–Kier alpha value is -1.84. The zero-order chi connectivity index (χ0) is 15.1. The molecule has 0 saturated carbocycles. The number of hydrogen-bond donors (Lipinski definition) is 1. The molecule has 1 atom stereocenters. The van der Waals surface area contributed by atoms with E-state index in [9.17, 15) is 14.7 Å². The highest BCUT2D eigenvalue weighted by Gasteiger charge is 2.20. The number of aromatic carboxylic acids is 1. The number of esters is 1. The first-order chi connectivity index (χ1) is 9.53. The lowest BCUT2D eigenvalue weighted by atomic mass is 10.0. The molecule has 0 saturated heterocycles. The molecule has 0 bridgehead atoms. The van der Waals surface area contributed by atoms with Gasteiger partial charge in [0.15, 0.2) is 0 Å². The number of rotatable bonds is 7. The fraction of sp³-hybridized carbons (Fsp3) is 0.500. The number of ether oxygens (including phenoxy) is 1. The summed E-state index contributed by atoms with van der Waals surface area (Å²) >= 11 is 0. The molecule has 0 radical (unpaired) electrons. The minimum absolute atomic E-state index is 0.0145. The number of carboxylic acid groups (broad SMARTS) is 1. The number of carbonyl (C=O) groups is 2. The van der Waals surface area contributed by atoms with Crippen LogP contribution in [0.25, 0.3) is 0 Å². The van der Waals surface area contributed by atoms with Gasteiger partial charge in [0.25, 0.3) is 0 Å². The first-order valence-electron chi connectivity index (χ1n) is 7.10. The van der Waals surface area contributed by atoms with Crippen molar-refractivity contribution < 1.29 is 19.4 Å². The highest BCUT2D eigenvalue weighted by atomic mass is 16.5. The van der Waals surface area contributed by atoms with Crippen LogP contribution in [0.5, 0.6) is 0 Å². The maximum Gasteiger partial charge on any atom is 0.339 e. The van der Waals surface area contributed by atoms with Crippen LogP contribution in [0.4, 0.5) is 0 Å². The van der Waals surface area contributed by atoms with Crippen molar-refractivity contribution in [3.05, 3.63) is 34.9 Å². The van der Waals surface area contributed by atoms with E-state index in [4.69, 9.17) is 4.74 Å². The molecule has 0 aliphatic carbocycles. The van der Waals surface area contributed by atoms with Gasteiger partial charge in [-0.3, -0.25) is 0 Å². The van der Waals surface area contributed by atoms with E-state index in [1.165, 1.54) is 0 Å². The van der Waals surface area contributed by atoms with Gasteiger partial charge in [-0.25, -0.2) is 9.59 Å². The second-order valence-electron chi connectivity index (χ2n) is 4.76. The lowest BCUT2D eigenvalue weighted by Crippen LogP contribution is -2.19. The monoisotopic (exact) mass is 278 g/mol. The van der Waals surface area contributed by atoms with Gasteiger partial charge in [0.1, 0.15) is 6.10 Å². The number of hydrogen-bond acceptors (Lipinski definition) is 3. The molecule has 20 heavy (non-hydrogen) atoms. The van der Waals surface area contributed by atoms with Crippen molar-refractivity contribution in [2.45, 2.75) is 52.6 Å². The molecule has 0 amide bonds. The third-order valence-corrected chi connectivity index (χ3v) is 3.28. The summed E-state index contributed by atoms with van der Waals surface area (Å²) in [5.74, 6) is -1.65. The predicted octanol–water partition coefficient (Wildman–Crippen LogP) is 3.68. The van der Waals surface area contributed by atoms with Crippen LogP contribution in [0.3, 0.4) is 0 Å². The van der Waals surface area contributed by atoms with Crippen LogP contribution >= 0.6 is 0 Å². The zero-order valence-corrected chi connectivity index (χ0v) is 12.3. The molecule has 0 heterocycles. The average Bonchev–Trinajstić information content (AvgIpc) is 2.45. The van der Waals surface area contributed by atoms with Gasteiger partial charge >= 0.3 is 11.9 Å². The first-order valence-corrected chi connectivity index (χ1v) is 7.10. The summed E-state index contributed by atoms with van der Waals surface area (Å²) < 4.78 is 5.39. The van der Waals surface area contributed by atoms with E-state index in [1.807, 2.05) is 20.8 Å². The lowest BCUT2D eigenvalue weighted by molar-refractivity contribution is 0.0266. The maximum atomic E-state index is 12.1. The van der Waals surface area contributed by atoms with E-state index in [0.717, 1.165) is 31.2 Å². The zero-order valence-electron chi connectivity index (χ0n) is 12.3. The minimum Gasteiger partial charge on any atom is -0.478 e. The highest BCUT2D eigenvalue weighted by Crippen LogP contribution is 2.17. The Morgan fingerprint density at radius 3 is 2.40 bits per heavy atom. The SMILES string of the molecule is CCCC(CC)OC(=O)c1ccc(CC)cc1C(=O)O. The Labute approximate surface area is 119 Å². The molecular weight excluding hydrogens is 256 g/mol. The molecule has 1 N–H and O–H groups in total. The Morgan fingerprint density at radius 1 is 1.20 bits per heavy atom. The molecule has 1 aromatic carbocycles. The van der Waals surface area contributed by atoms with E-state index in [1.54, 1.807) is 18.2 Å². The molecule has 0 aromatic heterocycles. The molecule has 4 nitrogen and oxygen atoms in total. The van der Waals surface area contributed by atoms with Crippen LogP contribution in [-0.4, -0.2) is 23.1 Å². The molecule has 1 unspecified atom stereocenters. The summed E-state index contributed by atoms with van der Waals surface area (Å²) in [6, 6.07) is 4.85. The van der Waals surface area contributed by atoms with Gasteiger partial charge in [0, 0.05) is 0 Å². The highest BCUT2D eigenvalue weighted by molar-refractivity contribution is 6.02. The van der Waals surface area contributed by atoms with Gasteiger partial charge in [0.05, 0.1) is 11.1 Å². The maximum absolute atomic E-state index is 12.1. The van der Waals surface area contributed by atoms with Gasteiger partial charge in [-0.2, -0.15) is 0 Å². The van der Waals surface area contributed by atoms with Crippen molar-refractivity contribution >= 4 is 11.9 Å². The topological polar surface area (TPSA) is 63.6 Å². The van der Waals surface area contributed by atoms with Crippen LogP contribution in [0.2, 0.25) is 0 Å². The fourth-order valence-electron chi connectivity index (χ4n) is 2.05. The van der Waals surface area contributed by atoms with Gasteiger partial charge in [-0.1, -0.05) is 33.3 Å². The molecule has 1 rings (SSSR count). The summed E-state index contributed by atoms with van der Waals surface area (Å²) in [6.07, 6.45) is 3.02. The van der Waals surface area contributed by atoms with Gasteiger partial charge < -0.3 is 9.84 Å². The lowest BCUT2D eigenvalue weighted by Gasteiger charge is -2.16.